The number of benzene rings is 1. The maximum absolute atomic E-state index is 8.80. The second-order valence-electron chi connectivity index (χ2n) is 3.29. The summed E-state index contributed by atoms with van der Waals surface area (Å²) in [5.74, 6) is 0.510. The number of methoxy groups -OCH3 is 1. The van der Waals surface area contributed by atoms with Crippen LogP contribution in [0, 0.1) is 0 Å². The van der Waals surface area contributed by atoms with Crippen LogP contribution >= 0.6 is 23.2 Å². The van der Waals surface area contributed by atoms with Gasteiger partial charge < -0.3 is 20.9 Å². The number of aliphatic hydroxyl groups excluding tert-OH is 1. The van der Waals surface area contributed by atoms with Gasteiger partial charge in [0.25, 0.3) is 0 Å². The molecule has 0 radical (unpaired) electrons. The zero-order valence-corrected chi connectivity index (χ0v) is 10.3. The minimum absolute atomic E-state index is 0.0936. The van der Waals surface area contributed by atoms with Crippen molar-refractivity contribution in [2.24, 2.45) is 5.73 Å². The van der Waals surface area contributed by atoms with E-state index in [0.29, 0.717) is 28.0 Å². The van der Waals surface area contributed by atoms with Crippen molar-refractivity contribution in [1.29, 1.82) is 0 Å². The van der Waals surface area contributed by atoms with Crippen molar-refractivity contribution in [3.05, 3.63) is 22.2 Å². The SMILES string of the molecule is COc1c(Cl)cc(Cl)cc1NCC(N)CO. The maximum Gasteiger partial charge on any atom is 0.160 e. The quantitative estimate of drug-likeness (QED) is 0.758. The molecular formula is C10H14Cl2N2O2. The molecule has 1 rings (SSSR count). The Balaban J connectivity index is 2.85. The largest absolute Gasteiger partial charge is 0.493 e. The van der Waals surface area contributed by atoms with Crippen molar-refractivity contribution in [1.82, 2.24) is 0 Å². The summed E-state index contributed by atoms with van der Waals surface area (Å²) >= 11 is 11.8. The number of nitrogens with one attached hydrogen (secondary N) is 1. The van der Waals surface area contributed by atoms with Crippen LogP contribution < -0.4 is 15.8 Å². The van der Waals surface area contributed by atoms with Gasteiger partial charge in [-0.1, -0.05) is 23.2 Å². The summed E-state index contributed by atoms with van der Waals surface area (Å²) in [6.45, 7) is 0.313. The first-order valence-electron chi connectivity index (χ1n) is 4.71. The number of anilines is 1. The highest BCUT2D eigenvalue weighted by molar-refractivity contribution is 6.36. The molecule has 1 unspecified atom stereocenters. The molecule has 0 saturated heterocycles. The van der Waals surface area contributed by atoms with Crippen molar-refractivity contribution >= 4 is 28.9 Å². The third-order valence-corrected chi connectivity index (χ3v) is 2.50. The summed E-state index contributed by atoms with van der Waals surface area (Å²) in [5.41, 5.74) is 6.23. The molecule has 0 aromatic heterocycles. The predicted molar refractivity (Wildman–Crippen MR) is 66.6 cm³/mol. The van der Waals surface area contributed by atoms with Crippen LogP contribution in [0.5, 0.6) is 5.75 Å². The van der Waals surface area contributed by atoms with Gasteiger partial charge in [-0.05, 0) is 12.1 Å². The number of aliphatic hydroxyl groups is 1. The Hall–Kier alpha value is -0.680. The fraction of sp³-hybridized carbons (Fsp3) is 0.400. The van der Waals surface area contributed by atoms with Gasteiger partial charge >= 0.3 is 0 Å². The summed E-state index contributed by atoms with van der Waals surface area (Å²) in [7, 11) is 1.52. The summed E-state index contributed by atoms with van der Waals surface area (Å²) < 4.78 is 5.14. The molecule has 0 aliphatic carbocycles. The number of rotatable bonds is 5. The molecule has 1 aromatic rings. The van der Waals surface area contributed by atoms with Crippen LogP contribution in [-0.4, -0.2) is 31.4 Å². The van der Waals surface area contributed by atoms with Crippen LogP contribution in [0.25, 0.3) is 0 Å². The highest BCUT2D eigenvalue weighted by Gasteiger charge is 2.10. The number of ether oxygens (including phenoxy) is 1. The van der Waals surface area contributed by atoms with E-state index in [1.807, 2.05) is 0 Å². The van der Waals surface area contributed by atoms with Crippen LogP contribution in [0.15, 0.2) is 12.1 Å². The first-order chi connectivity index (χ1) is 7.58. The fourth-order valence-corrected chi connectivity index (χ4v) is 1.78. The van der Waals surface area contributed by atoms with E-state index in [2.05, 4.69) is 5.32 Å². The summed E-state index contributed by atoms with van der Waals surface area (Å²) in [6, 6.07) is 2.94. The van der Waals surface area contributed by atoms with Crippen LogP contribution in [0.3, 0.4) is 0 Å². The maximum atomic E-state index is 8.80. The van der Waals surface area contributed by atoms with E-state index in [-0.39, 0.29) is 12.6 Å². The van der Waals surface area contributed by atoms with Crippen molar-refractivity contribution in [3.63, 3.8) is 0 Å². The van der Waals surface area contributed by atoms with Gasteiger partial charge in [-0.15, -0.1) is 0 Å². The molecule has 90 valence electrons. The van der Waals surface area contributed by atoms with E-state index in [4.69, 9.17) is 38.8 Å². The Morgan fingerprint density at radius 2 is 2.19 bits per heavy atom. The molecule has 4 N–H and O–H groups in total. The Kier molecular flexibility index (Phi) is 5.15. The van der Waals surface area contributed by atoms with Gasteiger partial charge in [-0.3, -0.25) is 0 Å². The standard InChI is InChI=1S/C10H14Cl2N2O2/c1-16-10-8(12)2-6(11)3-9(10)14-4-7(13)5-15/h2-3,7,14-15H,4-5,13H2,1H3. The van der Waals surface area contributed by atoms with Gasteiger partial charge in [0.05, 0.1) is 24.4 Å². The summed E-state index contributed by atoms with van der Waals surface area (Å²) in [6.07, 6.45) is 0. The lowest BCUT2D eigenvalue weighted by atomic mass is 10.2. The van der Waals surface area contributed by atoms with Crippen molar-refractivity contribution < 1.29 is 9.84 Å². The summed E-state index contributed by atoms with van der Waals surface area (Å²) in [4.78, 5) is 0. The second kappa shape index (κ2) is 6.15. The molecule has 1 aromatic carbocycles. The van der Waals surface area contributed by atoms with Crippen LogP contribution in [0.1, 0.15) is 0 Å². The van der Waals surface area contributed by atoms with Crippen LogP contribution in [0.4, 0.5) is 5.69 Å². The summed E-state index contributed by atoms with van der Waals surface area (Å²) in [5, 5.41) is 12.7. The monoisotopic (exact) mass is 264 g/mol. The first-order valence-corrected chi connectivity index (χ1v) is 5.47. The van der Waals surface area contributed by atoms with E-state index in [9.17, 15) is 0 Å². The molecule has 0 fully saturated rings. The molecule has 0 saturated carbocycles. The van der Waals surface area contributed by atoms with E-state index >= 15 is 0 Å². The fourth-order valence-electron chi connectivity index (χ4n) is 1.20. The molecular weight excluding hydrogens is 251 g/mol. The highest BCUT2D eigenvalue weighted by Crippen LogP contribution is 2.35. The van der Waals surface area contributed by atoms with Gasteiger partial charge in [-0.25, -0.2) is 0 Å². The molecule has 0 amide bonds. The van der Waals surface area contributed by atoms with E-state index in [0.717, 1.165) is 0 Å². The number of hydrogen-bond acceptors (Lipinski definition) is 4. The van der Waals surface area contributed by atoms with Crippen molar-refractivity contribution in [3.8, 4) is 5.75 Å². The lowest BCUT2D eigenvalue weighted by Gasteiger charge is -2.15. The van der Waals surface area contributed by atoms with E-state index in [1.165, 1.54) is 7.11 Å². The lowest BCUT2D eigenvalue weighted by Crippen LogP contribution is -2.32. The number of halogens is 2. The second-order valence-corrected chi connectivity index (χ2v) is 4.14. The minimum atomic E-state index is -0.345. The molecule has 4 nitrogen and oxygen atoms in total. The lowest BCUT2D eigenvalue weighted by molar-refractivity contribution is 0.270. The normalized spacial score (nSPS) is 12.3. The number of hydrogen-bond donors (Lipinski definition) is 3. The molecule has 6 heteroatoms. The average molecular weight is 265 g/mol. The molecule has 16 heavy (non-hydrogen) atoms. The third-order valence-electron chi connectivity index (χ3n) is 2.00. The zero-order chi connectivity index (χ0) is 12.1. The Morgan fingerprint density at radius 1 is 1.50 bits per heavy atom. The zero-order valence-electron chi connectivity index (χ0n) is 8.84. The third kappa shape index (κ3) is 3.42. The number of nitrogens with two attached hydrogens (primary N) is 1. The van der Waals surface area contributed by atoms with Crippen molar-refractivity contribution in [2.75, 3.05) is 25.6 Å². The van der Waals surface area contributed by atoms with Gasteiger partial charge in [0.2, 0.25) is 0 Å². The minimum Gasteiger partial charge on any atom is -0.493 e. The molecule has 1 atom stereocenters. The Morgan fingerprint density at radius 3 is 2.75 bits per heavy atom. The van der Waals surface area contributed by atoms with Crippen LogP contribution in [-0.2, 0) is 0 Å². The Labute approximate surface area is 104 Å². The smallest absolute Gasteiger partial charge is 0.160 e. The van der Waals surface area contributed by atoms with Gasteiger partial charge in [0.1, 0.15) is 0 Å². The molecule has 0 bridgehead atoms. The highest BCUT2D eigenvalue weighted by atomic mass is 35.5. The average Bonchev–Trinajstić information content (AvgIpc) is 2.25. The van der Waals surface area contributed by atoms with E-state index in [1.54, 1.807) is 12.1 Å². The van der Waals surface area contributed by atoms with Crippen LogP contribution in [0.2, 0.25) is 10.0 Å². The molecule has 0 aliphatic rings. The molecule has 0 heterocycles. The Bertz CT molecular complexity index is 361. The first kappa shape index (κ1) is 13.4. The molecule has 0 aliphatic heterocycles. The van der Waals surface area contributed by atoms with Gasteiger partial charge in [-0.2, -0.15) is 0 Å². The topological polar surface area (TPSA) is 67.5 Å². The van der Waals surface area contributed by atoms with Gasteiger partial charge in [0.15, 0.2) is 5.75 Å². The predicted octanol–water partition coefficient (Wildman–Crippen LogP) is 1.73. The van der Waals surface area contributed by atoms with Crippen molar-refractivity contribution in [2.45, 2.75) is 6.04 Å². The molecule has 0 spiro atoms. The van der Waals surface area contributed by atoms with Gasteiger partial charge in [0, 0.05) is 17.6 Å². The van der Waals surface area contributed by atoms with E-state index < -0.39 is 0 Å².